The molecule has 0 spiro atoms. The zero-order valence-electron chi connectivity index (χ0n) is 15.6. The highest BCUT2D eigenvalue weighted by Crippen LogP contribution is 2.24. The molecule has 18 nitrogen and oxygen atoms in total. The summed E-state index contributed by atoms with van der Waals surface area (Å²) in [5.74, 6) is -2.09. The van der Waals surface area contributed by atoms with Crippen molar-refractivity contribution in [3.63, 3.8) is 0 Å². The second-order valence-corrected chi connectivity index (χ2v) is 8.05. The van der Waals surface area contributed by atoms with Crippen molar-refractivity contribution in [2.75, 3.05) is 12.3 Å². The van der Waals surface area contributed by atoms with E-state index in [1.165, 1.54) is 5.38 Å². The van der Waals surface area contributed by atoms with E-state index < -0.39 is 52.6 Å². The Balaban J connectivity index is 1.79. The molecular formula is C12H14N10O8S2. The topological polar surface area (TPSA) is 271 Å². The summed E-state index contributed by atoms with van der Waals surface area (Å²) in [6.45, 7) is -1.00. The van der Waals surface area contributed by atoms with Crippen LogP contribution in [-0.2, 0) is 36.1 Å². The molecule has 1 saturated heterocycles. The van der Waals surface area contributed by atoms with E-state index in [-0.39, 0.29) is 27.6 Å². The van der Waals surface area contributed by atoms with E-state index in [9.17, 15) is 27.4 Å². The first kappa shape index (κ1) is 22.8. The molecule has 0 aromatic carbocycles. The quantitative estimate of drug-likeness (QED) is 0.100. The number of nitrogens with zero attached hydrogens (tertiary/aromatic N) is 6. The first-order valence-corrected chi connectivity index (χ1v) is 10.5. The molecule has 2 aromatic heterocycles. The molecule has 32 heavy (non-hydrogen) atoms. The molecule has 7 N–H and O–H groups in total. The summed E-state index contributed by atoms with van der Waals surface area (Å²) in [7, 11) is -4.99. The summed E-state index contributed by atoms with van der Waals surface area (Å²) >= 11 is 0.988. The standard InChI is InChI=1S/C12H14N10O8S2/c13-11-15-4(3-31-11)7(19-30-2-6-17-20-21-18-6)9(23)16-8-5(1-29-12(14)25)22(10(8)24)32(26,27)28/h3,5,8H,1-2H2,(H2,13,15)(H2,14,25)(H,16,23)(H,26,27,28)(H,17,18,20,21)/t5-,8+/m1/s1. The number of carbonyl (C=O) groups excluding carboxylic acids is 3. The Labute approximate surface area is 181 Å². The van der Waals surface area contributed by atoms with E-state index in [0.717, 1.165) is 11.3 Å². The summed E-state index contributed by atoms with van der Waals surface area (Å²) in [6.07, 6.45) is -1.26. The van der Waals surface area contributed by atoms with E-state index in [1.807, 2.05) is 0 Å². The number of nitrogens with one attached hydrogen (secondary N) is 2. The smallest absolute Gasteiger partial charge is 0.404 e. The van der Waals surface area contributed by atoms with Gasteiger partial charge in [-0.3, -0.25) is 14.1 Å². The third-order valence-corrected chi connectivity index (χ3v) is 5.44. The van der Waals surface area contributed by atoms with E-state index in [0.29, 0.717) is 0 Å². The lowest BCUT2D eigenvalue weighted by Crippen LogP contribution is -2.73. The number of carbonyl (C=O) groups is 3. The van der Waals surface area contributed by atoms with Crippen molar-refractivity contribution in [3.8, 4) is 0 Å². The van der Waals surface area contributed by atoms with E-state index in [2.05, 4.69) is 40.8 Å². The number of H-pyrrole nitrogens is 1. The van der Waals surface area contributed by atoms with E-state index in [4.69, 9.17) is 16.3 Å². The Bertz CT molecular complexity index is 1150. The number of rotatable bonds is 9. The number of amides is 3. The van der Waals surface area contributed by atoms with E-state index >= 15 is 0 Å². The molecular weight excluding hydrogens is 476 g/mol. The number of aromatic amines is 1. The summed E-state index contributed by atoms with van der Waals surface area (Å²) in [6, 6.07) is -2.97. The first-order chi connectivity index (χ1) is 15.1. The third kappa shape index (κ3) is 5.04. The number of tetrazole rings is 1. The number of β-lactam (4-membered cyclic amide) rings is 1. The maximum absolute atomic E-state index is 12.8. The summed E-state index contributed by atoms with van der Waals surface area (Å²) in [5.41, 5.74) is 9.98. The van der Waals surface area contributed by atoms with Gasteiger partial charge in [-0.1, -0.05) is 10.4 Å². The van der Waals surface area contributed by atoms with Crippen LogP contribution in [0.3, 0.4) is 0 Å². The van der Waals surface area contributed by atoms with Crippen LogP contribution >= 0.6 is 11.3 Å². The number of hydrogen-bond acceptors (Lipinski definition) is 14. The van der Waals surface area contributed by atoms with Crippen molar-refractivity contribution < 1.29 is 36.9 Å². The molecule has 1 aliphatic rings. The second kappa shape index (κ2) is 9.07. The third-order valence-electron chi connectivity index (χ3n) is 3.82. The Morgan fingerprint density at radius 1 is 1.44 bits per heavy atom. The minimum Gasteiger partial charge on any atom is -0.447 e. The van der Waals surface area contributed by atoms with Gasteiger partial charge in [0.1, 0.15) is 24.4 Å². The Morgan fingerprint density at radius 3 is 2.75 bits per heavy atom. The molecule has 0 bridgehead atoms. The largest absolute Gasteiger partial charge is 0.447 e. The van der Waals surface area contributed by atoms with Crippen LogP contribution in [0.2, 0.25) is 0 Å². The van der Waals surface area contributed by atoms with Crippen molar-refractivity contribution in [2.45, 2.75) is 18.7 Å². The molecule has 20 heteroatoms. The first-order valence-electron chi connectivity index (χ1n) is 8.25. The van der Waals surface area contributed by atoms with Gasteiger partial charge in [-0.25, -0.2) is 14.1 Å². The zero-order chi connectivity index (χ0) is 23.5. The number of primary amides is 1. The number of nitrogens with two attached hydrogens (primary N) is 2. The number of hydrogen-bond donors (Lipinski definition) is 5. The Kier molecular flexibility index (Phi) is 6.45. The average Bonchev–Trinajstić information content (AvgIpc) is 3.36. The van der Waals surface area contributed by atoms with Crippen LogP contribution in [-0.4, -0.2) is 85.2 Å². The molecule has 1 aliphatic heterocycles. The van der Waals surface area contributed by atoms with Gasteiger partial charge in [0.05, 0.1) is 0 Å². The number of oxime groups is 1. The Hall–Kier alpha value is -3.91. The summed E-state index contributed by atoms with van der Waals surface area (Å²) in [5, 5.41) is 20.1. The number of ether oxygens (including phenoxy) is 1. The molecule has 1 fully saturated rings. The van der Waals surface area contributed by atoms with Crippen LogP contribution < -0.4 is 16.8 Å². The summed E-state index contributed by atoms with van der Waals surface area (Å²) in [4.78, 5) is 44.7. The van der Waals surface area contributed by atoms with Crippen LogP contribution in [0.5, 0.6) is 0 Å². The highest BCUT2D eigenvalue weighted by atomic mass is 32.2. The van der Waals surface area contributed by atoms with Gasteiger partial charge in [0.2, 0.25) is 5.82 Å². The molecule has 3 rings (SSSR count). The van der Waals surface area contributed by atoms with Gasteiger partial charge in [0.25, 0.3) is 11.8 Å². The molecule has 0 saturated carbocycles. The molecule has 172 valence electrons. The SMILES string of the molecule is NC(=O)OC[C@@H]1[C@H](NC(=O)C(=NOCc2nn[nH]n2)c2csc(N)n2)C(=O)N1S(=O)(=O)O. The molecule has 3 amide bonds. The fourth-order valence-corrected chi connectivity index (χ4v) is 3.91. The minimum absolute atomic E-state index is 0.0125. The number of nitrogen functional groups attached to an aromatic ring is 1. The number of thiazole rings is 1. The van der Waals surface area contributed by atoms with Gasteiger partial charge in [0, 0.05) is 5.38 Å². The molecule has 2 atom stereocenters. The van der Waals surface area contributed by atoms with Gasteiger partial charge < -0.3 is 26.4 Å². The maximum Gasteiger partial charge on any atom is 0.404 e. The summed E-state index contributed by atoms with van der Waals surface area (Å²) < 4.78 is 36.6. The lowest BCUT2D eigenvalue weighted by atomic mass is 9.99. The maximum atomic E-state index is 12.8. The number of aromatic nitrogens is 5. The van der Waals surface area contributed by atoms with Crippen LogP contribution in [0.1, 0.15) is 11.5 Å². The van der Waals surface area contributed by atoms with Crippen molar-refractivity contribution in [2.24, 2.45) is 10.9 Å². The van der Waals surface area contributed by atoms with Gasteiger partial charge in [0.15, 0.2) is 17.5 Å². The predicted octanol–water partition coefficient (Wildman–Crippen LogP) is -3.25. The van der Waals surface area contributed by atoms with Crippen LogP contribution in [0.25, 0.3) is 0 Å². The lowest BCUT2D eigenvalue weighted by Gasteiger charge is -2.43. The highest BCUT2D eigenvalue weighted by Gasteiger charge is 2.54. The lowest BCUT2D eigenvalue weighted by molar-refractivity contribution is -0.146. The molecule has 0 unspecified atom stereocenters. The van der Waals surface area contributed by atoms with Crippen molar-refractivity contribution in [1.29, 1.82) is 0 Å². The average molecular weight is 490 g/mol. The van der Waals surface area contributed by atoms with Gasteiger partial charge in [-0.05, 0) is 0 Å². The van der Waals surface area contributed by atoms with Crippen molar-refractivity contribution in [3.05, 3.63) is 16.9 Å². The van der Waals surface area contributed by atoms with Crippen LogP contribution in [0.15, 0.2) is 10.5 Å². The zero-order valence-corrected chi connectivity index (χ0v) is 17.2. The molecule has 0 radical (unpaired) electrons. The molecule has 0 aliphatic carbocycles. The van der Waals surface area contributed by atoms with Crippen LogP contribution in [0, 0.1) is 0 Å². The minimum atomic E-state index is -4.99. The fourth-order valence-electron chi connectivity index (χ4n) is 2.50. The molecule has 3 heterocycles. The van der Waals surface area contributed by atoms with E-state index in [1.54, 1.807) is 0 Å². The Morgan fingerprint density at radius 2 is 2.19 bits per heavy atom. The van der Waals surface area contributed by atoms with Crippen molar-refractivity contribution >= 4 is 50.4 Å². The molecule has 2 aromatic rings. The highest BCUT2D eigenvalue weighted by molar-refractivity contribution is 7.84. The van der Waals surface area contributed by atoms with Crippen molar-refractivity contribution in [1.82, 2.24) is 35.2 Å². The number of anilines is 1. The normalized spacial score (nSPS) is 18.7. The predicted molar refractivity (Wildman–Crippen MR) is 102 cm³/mol. The van der Waals surface area contributed by atoms with Gasteiger partial charge >= 0.3 is 16.4 Å². The van der Waals surface area contributed by atoms with Gasteiger partial charge in [-0.15, -0.1) is 21.5 Å². The second-order valence-electron chi connectivity index (χ2n) is 5.87. The van der Waals surface area contributed by atoms with Crippen LogP contribution in [0.4, 0.5) is 9.93 Å². The fraction of sp³-hybridized carbons (Fsp3) is 0.333. The monoisotopic (exact) mass is 490 g/mol. The van der Waals surface area contributed by atoms with Gasteiger partial charge in [-0.2, -0.15) is 13.6 Å².